The van der Waals surface area contributed by atoms with Crippen molar-refractivity contribution in [2.45, 2.75) is 26.8 Å². The summed E-state index contributed by atoms with van der Waals surface area (Å²) >= 11 is 4.05. The number of rotatable bonds is 3. The van der Waals surface area contributed by atoms with Crippen LogP contribution in [-0.4, -0.2) is 4.98 Å². The van der Waals surface area contributed by atoms with Gasteiger partial charge in [0.15, 0.2) is 0 Å². The quantitative estimate of drug-likeness (QED) is 0.629. The minimum absolute atomic E-state index is 0.258. The van der Waals surface area contributed by atoms with E-state index >= 15 is 0 Å². The number of nitrogens with zero attached hydrogens (tertiary/aromatic N) is 1. The maximum atomic E-state index is 5.76. The van der Waals surface area contributed by atoms with Gasteiger partial charge in [-0.3, -0.25) is 0 Å². The second kappa shape index (κ2) is 5.44. The molecule has 1 aromatic carbocycles. The number of thiazole rings is 1. The number of benzene rings is 1. The Morgan fingerprint density at radius 3 is 2.67 bits per heavy atom. The monoisotopic (exact) mass is 373 g/mol. The Balaban J connectivity index is 2.21. The molecule has 0 saturated carbocycles. The highest BCUT2D eigenvalue weighted by Gasteiger charge is 2.13. The molecular weight excluding hydrogens is 357 g/mol. The smallest absolute Gasteiger partial charge is 0.0900 e. The molecule has 0 amide bonds. The van der Waals surface area contributed by atoms with E-state index in [9.17, 15) is 0 Å². The van der Waals surface area contributed by atoms with Gasteiger partial charge in [0.2, 0.25) is 0 Å². The van der Waals surface area contributed by atoms with Crippen LogP contribution in [0.3, 0.4) is 0 Å². The van der Waals surface area contributed by atoms with Crippen molar-refractivity contribution in [3.8, 4) is 0 Å². The van der Waals surface area contributed by atoms with E-state index in [4.69, 9.17) is 5.73 Å². The summed E-state index contributed by atoms with van der Waals surface area (Å²) in [6.45, 7) is 6.26. The van der Waals surface area contributed by atoms with E-state index in [1.165, 1.54) is 4.88 Å². The van der Waals surface area contributed by atoms with Gasteiger partial charge in [0.25, 0.3) is 0 Å². The molecule has 1 aromatic heterocycles. The minimum Gasteiger partial charge on any atom is -0.399 e. The van der Waals surface area contributed by atoms with Crippen molar-refractivity contribution in [3.63, 3.8) is 0 Å². The van der Waals surface area contributed by atoms with E-state index in [1.54, 1.807) is 11.3 Å². The summed E-state index contributed by atoms with van der Waals surface area (Å²) in [5.74, 6) is 0. The zero-order valence-electron chi connectivity index (χ0n) is 10.6. The first-order valence-electron chi connectivity index (χ1n) is 5.73. The molecule has 1 heterocycles. The Bertz CT molecular complexity index is 565. The molecule has 1 atom stereocenters. The molecule has 2 rings (SSSR count). The van der Waals surface area contributed by atoms with Crippen LogP contribution in [0.4, 0.5) is 11.4 Å². The lowest BCUT2D eigenvalue weighted by molar-refractivity contribution is 0.888. The van der Waals surface area contributed by atoms with Crippen LogP contribution < -0.4 is 11.1 Å². The van der Waals surface area contributed by atoms with Crippen LogP contribution in [0.15, 0.2) is 18.2 Å². The summed E-state index contributed by atoms with van der Waals surface area (Å²) < 4.78 is 1.14. The Labute approximate surface area is 125 Å². The summed E-state index contributed by atoms with van der Waals surface area (Å²) in [6.07, 6.45) is 0. The molecule has 3 N–H and O–H groups in total. The largest absolute Gasteiger partial charge is 0.399 e. The number of hydrogen-bond donors (Lipinski definition) is 2. The molecule has 5 heteroatoms. The fraction of sp³-hybridized carbons (Fsp3) is 0.308. The average Bonchev–Trinajstić information content (AvgIpc) is 2.62. The third-order valence-corrected chi connectivity index (χ3v) is 4.85. The molecule has 0 spiro atoms. The highest BCUT2D eigenvalue weighted by Crippen LogP contribution is 2.29. The van der Waals surface area contributed by atoms with Crippen LogP contribution in [-0.2, 0) is 0 Å². The molecule has 0 fully saturated rings. The van der Waals surface area contributed by atoms with Gasteiger partial charge in [-0.2, -0.15) is 0 Å². The lowest BCUT2D eigenvalue weighted by Crippen LogP contribution is -2.07. The van der Waals surface area contributed by atoms with Crippen LogP contribution in [0, 0.1) is 17.4 Å². The van der Waals surface area contributed by atoms with Gasteiger partial charge >= 0.3 is 0 Å². The van der Waals surface area contributed by atoms with Gasteiger partial charge in [0.05, 0.1) is 16.7 Å². The number of nitrogens with one attached hydrogen (secondary N) is 1. The predicted molar refractivity (Wildman–Crippen MR) is 87.2 cm³/mol. The van der Waals surface area contributed by atoms with Crippen LogP contribution in [0.1, 0.15) is 28.5 Å². The lowest BCUT2D eigenvalue weighted by Gasteiger charge is -2.16. The number of nitrogen functional groups attached to an aromatic ring is 1. The first-order valence-corrected chi connectivity index (χ1v) is 7.62. The van der Waals surface area contributed by atoms with Gasteiger partial charge in [-0.25, -0.2) is 4.98 Å². The maximum absolute atomic E-state index is 5.76. The van der Waals surface area contributed by atoms with E-state index < -0.39 is 0 Å². The molecule has 0 aliphatic carbocycles. The number of aryl methyl sites for hydroxylation is 2. The predicted octanol–water partition coefficient (Wildman–Crippen LogP) is 4.12. The van der Waals surface area contributed by atoms with Gasteiger partial charge < -0.3 is 11.1 Å². The Kier molecular flexibility index (Phi) is 4.11. The molecule has 96 valence electrons. The third kappa shape index (κ3) is 2.95. The highest BCUT2D eigenvalue weighted by atomic mass is 127. The van der Waals surface area contributed by atoms with Crippen molar-refractivity contribution >= 4 is 45.3 Å². The topological polar surface area (TPSA) is 50.9 Å². The summed E-state index contributed by atoms with van der Waals surface area (Å²) in [7, 11) is 0. The standard InChI is InChI=1S/C13H16IN3S/c1-7-13(18-9(3)16-7)8(2)17-12-5-4-10(15)6-11(12)14/h4-6,8,17H,15H2,1-3H3. The Morgan fingerprint density at radius 2 is 2.11 bits per heavy atom. The van der Waals surface area contributed by atoms with Crippen LogP contribution in [0.25, 0.3) is 0 Å². The fourth-order valence-corrected chi connectivity index (χ4v) is 3.52. The van der Waals surface area contributed by atoms with Crippen molar-refractivity contribution in [2.75, 3.05) is 11.1 Å². The molecule has 0 bridgehead atoms. The molecule has 3 nitrogen and oxygen atoms in total. The second-order valence-electron chi connectivity index (χ2n) is 4.29. The van der Waals surface area contributed by atoms with Crippen LogP contribution >= 0.6 is 33.9 Å². The molecule has 1 unspecified atom stereocenters. The van der Waals surface area contributed by atoms with Crippen LogP contribution in [0.2, 0.25) is 0 Å². The lowest BCUT2D eigenvalue weighted by atomic mass is 10.2. The zero-order valence-corrected chi connectivity index (χ0v) is 13.6. The minimum atomic E-state index is 0.258. The number of hydrogen-bond acceptors (Lipinski definition) is 4. The zero-order chi connectivity index (χ0) is 13.3. The normalized spacial score (nSPS) is 12.4. The van der Waals surface area contributed by atoms with E-state index in [2.05, 4.69) is 46.7 Å². The summed E-state index contributed by atoms with van der Waals surface area (Å²) in [5.41, 5.74) is 8.78. The first kappa shape index (κ1) is 13.6. The number of anilines is 2. The van der Waals surface area contributed by atoms with E-state index in [1.807, 2.05) is 25.1 Å². The number of aromatic nitrogens is 1. The molecule has 0 saturated heterocycles. The Morgan fingerprint density at radius 1 is 1.39 bits per heavy atom. The van der Waals surface area contributed by atoms with Gasteiger partial charge in [0, 0.05) is 19.8 Å². The summed E-state index contributed by atoms with van der Waals surface area (Å²) in [4.78, 5) is 5.76. The molecule has 18 heavy (non-hydrogen) atoms. The Hall–Kier alpha value is -0.820. The molecular formula is C13H16IN3S. The van der Waals surface area contributed by atoms with Gasteiger partial charge in [0.1, 0.15) is 0 Å². The van der Waals surface area contributed by atoms with Crippen molar-refractivity contribution in [1.29, 1.82) is 0 Å². The summed E-state index contributed by atoms with van der Waals surface area (Å²) in [5, 5.41) is 4.63. The van der Waals surface area contributed by atoms with Crippen LogP contribution in [0.5, 0.6) is 0 Å². The second-order valence-corrected chi connectivity index (χ2v) is 6.68. The average molecular weight is 373 g/mol. The molecule has 0 aliphatic rings. The molecule has 2 aromatic rings. The van der Waals surface area contributed by atoms with E-state index in [0.29, 0.717) is 0 Å². The highest BCUT2D eigenvalue weighted by molar-refractivity contribution is 14.1. The number of nitrogens with two attached hydrogens (primary N) is 1. The maximum Gasteiger partial charge on any atom is 0.0900 e. The number of halogens is 1. The van der Waals surface area contributed by atoms with Gasteiger partial charge in [-0.15, -0.1) is 11.3 Å². The fourth-order valence-electron chi connectivity index (χ4n) is 1.90. The third-order valence-electron chi connectivity index (χ3n) is 2.70. The first-order chi connectivity index (χ1) is 8.47. The van der Waals surface area contributed by atoms with Crippen molar-refractivity contribution < 1.29 is 0 Å². The van der Waals surface area contributed by atoms with E-state index in [-0.39, 0.29) is 6.04 Å². The molecule has 0 aliphatic heterocycles. The van der Waals surface area contributed by atoms with Gasteiger partial charge in [-0.05, 0) is 61.6 Å². The SMILES string of the molecule is Cc1nc(C)c(C(C)Nc2ccc(N)cc2I)s1. The molecule has 0 radical (unpaired) electrons. The van der Waals surface area contributed by atoms with E-state index in [0.717, 1.165) is 25.6 Å². The van der Waals surface area contributed by atoms with Gasteiger partial charge in [-0.1, -0.05) is 0 Å². The van der Waals surface area contributed by atoms with Crippen molar-refractivity contribution in [1.82, 2.24) is 4.98 Å². The van der Waals surface area contributed by atoms with Crippen molar-refractivity contribution in [2.24, 2.45) is 0 Å². The summed E-state index contributed by atoms with van der Waals surface area (Å²) in [6, 6.07) is 6.17. The van der Waals surface area contributed by atoms with Crippen molar-refractivity contribution in [3.05, 3.63) is 37.3 Å².